The lowest BCUT2D eigenvalue weighted by molar-refractivity contribution is -0.118. The molecule has 1 spiro atoms. The van der Waals surface area contributed by atoms with Gasteiger partial charge in [0.2, 0.25) is 5.91 Å². The average molecular weight is 276 g/mol. The van der Waals surface area contributed by atoms with Crippen LogP contribution in [-0.2, 0) is 10.2 Å². The molecule has 0 saturated heterocycles. The molecule has 1 heterocycles. The highest BCUT2D eigenvalue weighted by Crippen LogP contribution is 2.51. The minimum Gasteiger partial charge on any atom is -0.330 e. The minimum atomic E-state index is -0.154. The maximum absolute atomic E-state index is 14.3. The second-order valence-electron chi connectivity index (χ2n) is 5.99. The fraction of sp³-hybridized carbons (Fsp3) is 0.562. The van der Waals surface area contributed by atoms with Crippen LogP contribution in [-0.4, -0.2) is 19.0 Å². The number of nitrogens with zero attached hydrogens (tertiary/aromatic N) is 1. The molecule has 0 aromatic heterocycles. The van der Waals surface area contributed by atoms with Crippen LogP contribution >= 0.6 is 0 Å². The molecule has 0 atom stereocenters. The summed E-state index contributed by atoms with van der Waals surface area (Å²) in [6.07, 6.45) is 5.36. The first-order valence-corrected chi connectivity index (χ1v) is 7.47. The Balaban J connectivity index is 1.97. The van der Waals surface area contributed by atoms with Crippen LogP contribution in [0.2, 0.25) is 0 Å². The van der Waals surface area contributed by atoms with Crippen LogP contribution in [0.4, 0.5) is 10.1 Å². The highest BCUT2D eigenvalue weighted by Gasteiger charge is 2.47. The molecular weight excluding hydrogens is 255 g/mol. The highest BCUT2D eigenvalue weighted by atomic mass is 19.1. The van der Waals surface area contributed by atoms with E-state index in [-0.39, 0.29) is 17.1 Å². The number of fused-ring (bicyclic) bond motifs is 2. The smallest absolute Gasteiger partial charge is 0.227 e. The van der Waals surface area contributed by atoms with Gasteiger partial charge in [0, 0.05) is 23.9 Å². The Labute approximate surface area is 118 Å². The van der Waals surface area contributed by atoms with Crippen molar-refractivity contribution in [2.24, 2.45) is 5.73 Å². The van der Waals surface area contributed by atoms with Crippen molar-refractivity contribution in [3.63, 3.8) is 0 Å². The van der Waals surface area contributed by atoms with Gasteiger partial charge in [0.15, 0.2) is 0 Å². The van der Waals surface area contributed by atoms with Crippen molar-refractivity contribution in [1.29, 1.82) is 0 Å². The number of benzene rings is 1. The van der Waals surface area contributed by atoms with Crippen molar-refractivity contribution in [2.75, 3.05) is 18.0 Å². The molecule has 1 fully saturated rings. The number of amides is 1. The van der Waals surface area contributed by atoms with E-state index in [9.17, 15) is 9.18 Å². The molecule has 108 valence electrons. The summed E-state index contributed by atoms with van der Waals surface area (Å²) in [5.74, 6) is -0.0791. The topological polar surface area (TPSA) is 46.3 Å². The molecule has 1 aliphatic heterocycles. The van der Waals surface area contributed by atoms with Gasteiger partial charge in [-0.15, -0.1) is 0 Å². The van der Waals surface area contributed by atoms with Crippen molar-refractivity contribution < 1.29 is 9.18 Å². The maximum Gasteiger partial charge on any atom is 0.227 e. The number of nitrogens with two attached hydrogens (primary N) is 1. The molecule has 20 heavy (non-hydrogen) atoms. The van der Waals surface area contributed by atoms with E-state index in [4.69, 9.17) is 5.73 Å². The van der Waals surface area contributed by atoms with Crippen LogP contribution in [0.1, 0.15) is 44.1 Å². The second-order valence-corrected chi connectivity index (χ2v) is 5.99. The molecule has 3 rings (SSSR count). The molecular formula is C16H21FN2O. The standard InChI is InChI=1S/C16H21FN2O/c17-12-5-3-6-13-15(12)16(8-1-2-9-16)11-19(13)14(20)7-4-10-18/h3,5-6H,1-2,4,7-11,18H2. The zero-order valence-electron chi connectivity index (χ0n) is 11.7. The number of anilines is 1. The summed E-state index contributed by atoms with van der Waals surface area (Å²) in [7, 11) is 0. The zero-order chi connectivity index (χ0) is 14.2. The van der Waals surface area contributed by atoms with Gasteiger partial charge in [-0.3, -0.25) is 4.79 Å². The molecule has 4 heteroatoms. The summed E-state index contributed by atoms with van der Waals surface area (Å²) in [5, 5.41) is 0. The predicted molar refractivity (Wildman–Crippen MR) is 77.2 cm³/mol. The first kappa shape index (κ1) is 13.6. The van der Waals surface area contributed by atoms with Gasteiger partial charge < -0.3 is 10.6 Å². The molecule has 2 N–H and O–H groups in total. The fourth-order valence-electron chi connectivity index (χ4n) is 3.80. The van der Waals surface area contributed by atoms with Gasteiger partial charge in [0.1, 0.15) is 5.82 Å². The van der Waals surface area contributed by atoms with E-state index >= 15 is 0 Å². The SMILES string of the molecule is NCCCC(=O)N1CC2(CCCC2)c2c(F)cccc21. The van der Waals surface area contributed by atoms with E-state index < -0.39 is 0 Å². The Morgan fingerprint density at radius 2 is 2.10 bits per heavy atom. The van der Waals surface area contributed by atoms with Crippen molar-refractivity contribution in [1.82, 2.24) is 0 Å². The summed E-state index contributed by atoms with van der Waals surface area (Å²) in [4.78, 5) is 14.2. The Hall–Kier alpha value is -1.42. The largest absolute Gasteiger partial charge is 0.330 e. The highest BCUT2D eigenvalue weighted by molar-refractivity contribution is 5.96. The van der Waals surface area contributed by atoms with Crippen LogP contribution in [0.3, 0.4) is 0 Å². The van der Waals surface area contributed by atoms with Crippen LogP contribution < -0.4 is 10.6 Å². The lowest BCUT2D eigenvalue weighted by Gasteiger charge is -2.24. The number of carbonyl (C=O) groups is 1. The third-order valence-electron chi connectivity index (χ3n) is 4.73. The molecule has 0 bridgehead atoms. The van der Waals surface area contributed by atoms with Gasteiger partial charge in [0.05, 0.1) is 5.69 Å². The van der Waals surface area contributed by atoms with E-state index in [0.29, 0.717) is 25.9 Å². The van der Waals surface area contributed by atoms with E-state index in [1.54, 1.807) is 11.0 Å². The molecule has 2 aliphatic rings. The zero-order valence-corrected chi connectivity index (χ0v) is 11.7. The quantitative estimate of drug-likeness (QED) is 0.922. The second kappa shape index (κ2) is 5.17. The normalized spacial score (nSPS) is 19.6. The third kappa shape index (κ3) is 2.03. The first-order valence-electron chi connectivity index (χ1n) is 7.47. The van der Waals surface area contributed by atoms with Gasteiger partial charge in [0.25, 0.3) is 0 Å². The van der Waals surface area contributed by atoms with E-state index in [1.807, 2.05) is 6.07 Å². The number of halogens is 1. The summed E-state index contributed by atoms with van der Waals surface area (Å²) < 4.78 is 14.3. The van der Waals surface area contributed by atoms with Gasteiger partial charge in [-0.25, -0.2) is 4.39 Å². The molecule has 1 saturated carbocycles. The van der Waals surface area contributed by atoms with Crippen molar-refractivity contribution in [3.8, 4) is 0 Å². The Morgan fingerprint density at radius 3 is 2.80 bits per heavy atom. The summed E-state index contributed by atoms with van der Waals surface area (Å²) >= 11 is 0. The number of hydrogen-bond acceptors (Lipinski definition) is 2. The van der Waals surface area contributed by atoms with Crippen molar-refractivity contribution in [3.05, 3.63) is 29.6 Å². The Bertz CT molecular complexity index is 523. The first-order chi connectivity index (χ1) is 9.68. The number of rotatable bonds is 3. The molecule has 1 aliphatic carbocycles. The fourth-order valence-corrected chi connectivity index (χ4v) is 3.80. The molecule has 1 aromatic carbocycles. The Kier molecular flexibility index (Phi) is 3.50. The summed E-state index contributed by atoms with van der Waals surface area (Å²) in [6.45, 7) is 1.16. The predicted octanol–water partition coefficient (Wildman–Crippen LogP) is 2.72. The molecule has 0 unspecified atom stereocenters. The summed E-state index contributed by atoms with van der Waals surface area (Å²) in [6, 6.07) is 5.10. The van der Waals surface area contributed by atoms with Gasteiger partial charge >= 0.3 is 0 Å². The monoisotopic (exact) mass is 276 g/mol. The van der Waals surface area contributed by atoms with Gasteiger partial charge in [-0.2, -0.15) is 0 Å². The van der Waals surface area contributed by atoms with Crippen LogP contribution in [0.25, 0.3) is 0 Å². The lowest BCUT2D eigenvalue weighted by Crippen LogP contribution is -2.35. The number of carbonyl (C=O) groups excluding carboxylic acids is 1. The van der Waals surface area contributed by atoms with Crippen LogP contribution in [0.5, 0.6) is 0 Å². The third-order valence-corrected chi connectivity index (χ3v) is 4.73. The molecule has 1 aromatic rings. The van der Waals surface area contributed by atoms with Crippen LogP contribution in [0, 0.1) is 5.82 Å². The molecule has 1 amide bonds. The summed E-state index contributed by atoms with van der Waals surface area (Å²) in [5.41, 5.74) is 6.90. The van der Waals surface area contributed by atoms with E-state index in [1.165, 1.54) is 6.07 Å². The van der Waals surface area contributed by atoms with Crippen molar-refractivity contribution >= 4 is 11.6 Å². The average Bonchev–Trinajstić information content (AvgIpc) is 3.04. The van der Waals surface area contributed by atoms with E-state index in [2.05, 4.69) is 0 Å². The maximum atomic E-state index is 14.3. The van der Waals surface area contributed by atoms with Gasteiger partial charge in [-0.1, -0.05) is 18.9 Å². The van der Waals surface area contributed by atoms with Gasteiger partial charge in [-0.05, 0) is 37.9 Å². The minimum absolute atomic E-state index is 0.0751. The van der Waals surface area contributed by atoms with E-state index in [0.717, 1.165) is 36.9 Å². The molecule has 3 nitrogen and oxygen atoms in total. The van der Waals surface area contributed by atoms with Crippen LogP contribution in [0.15, 0.2) is 18.2 Å². The Morgan fingerprint density at radius 1 is 1.35 bits per heavy atom. The molecule has 0 radical (unpaired) electrons. The van der Waals surface area contributed by atoms with Crippen molar-refractivity contribution in [2.45, 2.75) is 43.9 Å². The lowest BCUT2D eigenvalue weighted by atomic mass is 9.80. The number of hydrogen-bond donors (Lipinski definition) is 1.